The van der Waals surface area contributed by atoms with E-state index in [2.05, 4.69) is 10.3 Å². The molecule has 1 aromatic heterocycles. The van der Waals surface area contributed by atoms with Crippen LogP contribution in [0.1, 0.15) is 10.5 Å². The number of aromatic nitrogens is 1. The summed E-state index contributed by atoms with van der Waals surface area (Å²) < 4.78 is 0.367. The van der Waals surface area contributed by atoms with E-state index in [-0.39, 0.29) is 18.3 Å². The molecular weight excluding hydrogens is 255 g/mol. The first-order chi connectivity index (χ1) is 5.74. The van der Waals surface area contributed by atoms with E-state index >= 15 is 0 Å². The average Bonchev–Trinajstić information content (AvgIpc) is 2.47. The second-order valence-electron chi connectivity index (χ2n) is 1.93. The molecule has 0 bridgehead atoms. The molecule has 0 spiro atoms. The number of hydrogen-bond acceptors (Lipinski definition) is 3. The van der Waals surface area contributed by atoms with Crippen molar-refractivity contribution in [3.8, 4) is 0 Å². The fourth-order valence-corrected chi connectivity index (χ4v) is 1.45. The van der Waals surface area contributed by atoms with Gasteiger partial charge < -0.3 is 5.32 Å². The first kappa shape index (κ1) is 13.0. The number of amides is 1. The Morgan fingerprint density at radius 3 is 2.85 bits per heavy atom. The quantitative estimate of drug-likeness (QED) is 0.848. The van der Waals surface area contributed by atoms with E-state index in [0.29, 0.717) is 22.6 Å². The van der Waals surface area contributed by atoms with Crippen molar-refractivity contribution in [1.82, 2.24) is 10.3 Å². The molecule has 1 rings (SSSR count). The predicted molar refractivity (Wildman–Crippen MR) is 57.4 cm³/mol. The van der Waals surface area contributed by atoms with E-state index in [1.54, 1.807) is 5.38 Å². The smallest absolute Gasteiger partial charge is 0.270 e. The van der Waals surface area contributed by atoms with Crippen LogP contribution < -0.4 is 5.32 Å². The average molecular weight is 262 g/mol. The van der Waals surface area contributed by atoms with Gasteiger partial charge in [-0.25, -0.2) is 4.98 Å². The van der Waals surface area contributed by atoms with Crippen molar-refractivity contribution in [1.29, 1.82) is 0 Å². The Hall–Kier alpha value is -0.0300. The molecule has 0 saturated carbocycles. The molecular formula is C6H7Cl3N2OS. The summed E-state index contributed by atoms with van der Waals surface area (Å²) in [7, 11) is 0. The van der Waals surface area contributed by atoms with Crippen LogP contribution in [0.3, 0.4) is 0 Å². The van der Waals surface area contributed by atoms with Crippen LogP contribution in [0.4, 0.5) is 0 Å². The number of nitrogens with one attached hydrogen (secondary N) is 1. The van der Waals surface area contributed by atoms with Gasteiger partial charge in [-0.2, -0.15) is 0 Å². The van der Waals surface area contributed by atoms with Gasteiger partial charge in [0.2, 0.25) is 0 Å². The minimum atomic E-state index is -0.237. The number of rotatable bonds is 3. The molecule has 0 unspecified atom stereocenters. The molecule has 13 heavy (non-hydrogen) atoms. The molecule has 1 heterocycles. The van der Waals surface area contributed by atoms with Crippen LogP contribution in [0.5, 0.6) is 0 Å². The number of hydrogen-bond donors (Lipinski definition) is 1. The molecule has 1 N–H and O–H groups in total. The molecule has 74 valence electrons. The number of halogens is 3. The monoisotopic (exact) mass is 260 g/mol. The molecule has 0 fully saturated rings. The van der Waals surface area contributed by atoms with Gasteiger partial charge in [-0.15, -0.1) is 35.3 Å². The van der Waals surface area contributed by atoms with Crippen LogP contribution in [0.2, 0.25) is 4.47 Å². The molecule has 0 aliphatic heterocycles. The molecule has 1 amide bonds. The lowest BCUT2D eigenvalue weighted by atomic mass is 10.4. The van der Waals surface area contributed by atoms with Gasteiger partial charge in [-0.3, -0.25) is 4.79 Å². The van der Waals surface area contributed by atoms with E-state index in [1.165, 1.54) is 11.3 Å². The van der Waals surface area contributed by atoms with Crippen LogP contribution in [0.15, 0.2) is 5.38 Å². The van der Waals surface area contributed by atoms with Crippen LogP contribution in [0, 0.1) is 0 Å². The van der Waals surface area contributed by atoms with Crippen LogP contribution in [-0.4, -0.2) is 23.3 Å². The van der Waals surface area contributed by atoms with Crippen molar-refractivity contribution >= 4 is 52.9 Å². The van der Waals surface area contributed by atoms with E-state index in [0.717, 1.165) is 0 Å². The third kappa shape index (κ3) is 4.13. The highest BCUT2D eigenvalue weighted by molar-refractivity contribution is 7.14. The number of alkyl halides is 1. The van der Waals surface area contributed by atoms with E-state index in [1.807, 2.05) is 0 Å². The van der Waals surface area contributed by atoms with Crippen LogP contribution in [0.25, 0.3) is 0 Å². The van der Waals surface area contributed by atoms with Crippen molar-refractivity contribution in [3.63, 3.8) is 0 Å². The Morgan fingerprint density at radius 1 is 1.69 bits per heavy atom. The number of thiazole rings is 1. The normalized spacial score (nSPS) is 9.08. The summed E-state index contributed by atoms with van der Waals surface area (Å²) in [4.78, 5) is 14.9. The van der Waals surface area contributed by atoms with Crippen molar-refractivity contribution in [3.05, 3.63) is 15.5 Å². The third-order valence-electron chi connectivity index (χ3n) is 1.09. The van der Waals surface area contributed by atoms with Crippen molar-refractivity contribution in [2.24, 2.45) is 0 Å². The first-order valence-corrected chi connectivity index (χ1v) is 4.98. The highest BCUT2D eigenvalue weighted by atomic mass is 35.5. The standard InChI is InChI=1S/C6H6Cl2N2OS.ClH/c7-1-2-9-5(11)4-3-12-6(8)10-4;/h3H,1-2H2,(H,9,11);1H. The molecule has 0 aliphatic rings. The van der Waals surface area contributed by atoms with Crippen molar-refractivity contribution in [2.45, 2.75) is 0 Å². The molecule has 0 radical (unpaired) electrons. The zero-order chi connectivity index (χ0) is 8.97. The Kier molecular flexibility index (Phi) is 6.41. The van der Waals surface area contributed by atoms with Gasteiger partial charge in [0.1, 0.15) is 5.69 Å². The zero-order valence-electron chi connectivity index (χ0n) is 6.42. The maximum absolute atomic E-state index is 11.1. The topological polar surface area (TPSA) is 42.0 Å². The summed E-state index contributed by atoms with van der Waals surface area (Å²) >= 11 is 12.1. The SMILES string of the molecule is Cl.O=C(NCCCl)c1csc(Cl)n1. The first-order valence-electron chi connectivity index (χ1n) is 3.19. The Balaban J connectivity index is 0.00000144. The number of nitrogens with zero attached hydrogens (tertiary/aromatic N) is 1. The van der Waals surface area contributed by atoms with Crippen LogP contribution >= 0.6 is 46.9 Å². The summed E-state index contributed by atoms with van der Waals surface area (Å²) in [6.45, 7) is 0.440. The number of carbonyl (C=O) groups is 1. The highest BCUT2D eigenvalue weighted by Crippen LogP contribution is 2.14. The molecule has 0 aromatic carbocycles. The second-order valence-corrected chi connectivity index (χ2v) is 3.75. The fraction of sp³-hybridized carbons (Fsp3) is 0.333. The van der Waals surface area contributed by atoms with Crippen LogP contribution in [-0.2, 0) is 0 Å². The maximum Gasteiger partial charge on any atom is 0.270 e. The summed E-state index contributed by atoms with van der Waals surface area (Å²) in [5.41, 5.74) is 0.343. The molecule has 0 atom stereocenters. The molecule has 0 aliphatic carbocycles. The van der Waals surface area contributed by atoms with E-state index < -0.39 is 0 Å². The number of carbonyl (C=O) groups excluding carboxylic acids is 1. The van der Waals surface area contributed by atoms with Gasteiger partial charge in [-0.05, 0) is 0 Å². The Bertz CT molecular complexity index is 279. The molecule has 7 heteroatoms. The summed E-state index contributed by atoms with van der Waals surface area (Å²) in [6.07, 6.45) is 0. The molecule has 0 saturated heterocycles. The van der Waals surface area contributed by atoms with Crippen molar-refractivity contribution < 1.29 is 4.79 Å². The lowest BCUT2D eigenvalue weighted by molar-refractivity contribution is 0.0952. The van der Waals surface area contributed by atoms with Gasteiger partial charge in [0, 0.05) is 17.8 Å². The molecule has 1 aromatic rings. The summed E-state index contributed by atoms with van der Waals surface area (Å²) in [6, 6.07) is 0. The van der Waals surface area contributed by atoms with Gasteiger partial charge in [0.15, 0.2) is 4.47 Å². The minimum absolute atomic E-state index is 0. The van der Waals surface area contributed by atoms with E-state index in [4.69, 9.17) is 23.2 Å². The fourth-order valence-electron chi connectivity index (χ4n) is 0.607. The largest absolute Gasteiger partial charge is 0.349 e. The van der Waals surface area contributed by atoms with Crippen molar-refractivity contribution in [2.75, 3.05) is 12.4 Å². The predicted octanol–water partition coefficient (Wildman–Crippen LogP) is 2.19. The lowest BCUT2D eigenvalue weighted by Crippen LogP contribution is -2.25. The van der Waals surface area contributed by atoms with Gasteiger partial charge in [-0.1, -0.05) is 11.6 Å². The Labute approximate surface area is 95.9 Å². The van der Waals surface area contributed by atoms with Gasteiger partial charge in [0.25, 0.3) is 5.91 Å². The summed E-state index contributed by atoms with van der Waals surface area (Å²) in [5.74, 6) is 0.155. The minimum Gasteiger partial charge on any atom is -0.349 e. The zero-order valence-corrected chi connectivity index (χ0v) is 9.56. The van der Waals surface area contributed by atoms with E-state index in [9.17, 15) is 4.79 Å². The molecule has 3 nitrogen and oxygen atoms in total. The second kappa shape index (κ2) is 6.43. The van der Waals surface area contributed by atoms with Gasteiger partial charge >= 0.3 is 0 Å². The highest BCUT2D eigenvalue weighted by Gasteiger charge is 2.07. The maximum atomic E-state index is 11.1. The Morgan fingerprint density at radius 2 is 2.38 bits per heavy atom. The lowest BCUT2D eigenvalue weighted by Gasteiger charge is -1.97. The van der Waals surface area contributed by atoms with Gasteiger partial charge in [0.05, 0.1) is 0 Å². The summed E-state index contributed by atoms with van der Waals surface area (Å²) in [5, 5.41) is 4.18. The third-order valence-corrected chi connectivity index (χ3v) is 2.26.